The predicted octanol–water partition coefficient (Wildman–Crippen LogP) is 4.65. The van der Waals surface area contributed by atoms with Crippen LogP contribution in [-0.4, -0.2) is 6.29 Å². The third kappa shape index (κ3) is 5.96. The minimum Gasteiger partial charge on any atom is -0.290 e. The van der Waals surface area contributed by atoms with Gasteiger partial charge in [0.2, 0.25) is 6.29 Å². The molecule has 0 spiro atoms. The highest BCUT2D eigenvalue weighted by molar-refractivity contribution is 5.60. The molecule has 0 aromatic carbocycles. The second-order valence-corrected chi connectivity index (χ2v) is 4.69. The summed E-state index contributed by atoms with van der Waals surface area (Å²) in [6, 6.07) is 0. The summed E-state index contributed by atoms with van der Waals surface area (Å²) in [5.74, 6) is 0. The Morgan fingerprint density at radius 3 is 1.33 bits per heavy atom. The van der Waals surface area contributed by atoms with E-state index < -0.39 is 0 Å². The maximum absolute atomic E-state index is 11.2. The van der Waals surface area contributed by atoms with Gasteiger partial charge < -0.3 is 0 Å². The second-order valence-electron chi connectivity index (χ2n) is 4.69. The van der Waals surface area contributed by atoms with Gasteiger partial charge in [-0.25, -0.2) is 0 Å². The number of carbonyl (C=O) groups excluding carboxylic acids is 1. The van der Waals surface area contributed by atoms with E-state index in [0.29, 0.717) is 0 Å². The number of hydrogen-bond donors (Lipinski definition) is 0. The fourth-order valence-corrected chi connectivity index (χ4v) is 2.07. The quantitative estimate of drug-likeness (QED) is 0.514. The summed E-state index contributed by atoms with van der Waals surface area (Å²) in [7, 11) is 0. The predicted molar refractivity (Wildman–Crippen MR) is 66.7 cm³/mol. The number of unbranched alkanes of at least 4 members (excludes halogenated alkanes) is 3. The summed E-state index contributed by atoms with van der Waals surface area (Å²) in [5, 5.41) is 0. The zero-order valence-electron chi connectivity index (χ0n) is 10.8. The average Bonchev–Trinajstić information content (AvgIpc) is 2.29. The molecule has 0 aliphatic rings. The third-order valence-electron chi connectivity index (χ3n) is 3.24. The van der Waals surface area contributed by atoms with Gasteiger partial charge in [-0.2, -0.15) is 0 Å². The van der Waals surface area contributed by atoms with Crippen molar-refractivity contribution in [3.63, 3.8) is 0 Å². The van der Waals surface area contributed by atoms with Gasteiger partial charge in [0.25, 0.3) is 0 Å². The van der Waals surface area contributed by atoms with Crippen molar-refractivity contribution in [3.8, 4) is 0 Å². The van der Waals surface area contributed by atoms with Crippen LogP contribution in [0.15, 0.2) is 0 Å². The smallest absolute Gasteiger partial charge is 0.205 e. The van der Waals surface area contributed by atoms with E-state index in [1.807, 2.05) is 0 Å². The normalized spacial score (nSPS) is 11.7. The van der Waals surface area contributed by atoms with Crippen LogP contribution in [0.1, 0.15) is 78.6 Å². The molecule has 0 aliphatic heterocycles. The average molecular weight is 211 g/mol. The highest BCUT2D eigenvalue weighted by Crippen LogP contribution is 2.34. The molecule has 0 unspecified atom stereocenters. The number of hydrogen-bond acceptors (Lipinski definition) is 1. The lowest BCUT2D eigenvalue weighted by Gasteiger charge is -2.27. The molecule has 0 N–H and O–H groups in total. The second kappa shape index (κ2) is 8.94. The summed E-state index contributed by atoms with van der Waals surface area (Å²) < 4.78 is 0. The molecule has 1 radical (unpaired) electrons. The summed E-state index contributed by atoms with van der Waals surface area (Å²) in [5.41, 5.74) is -0.109. The van der Waals surface area contributed by atoms with Gasteiger partial charge in [0.15, 0.2) is 0 Å². The molecule has 89 valence electrons. The minimum absolute atomic E-state index is 0.109. The molecule has 0 aromatic rings. The lowest BCUT2D eigenvalue weighted by Crippen LogP contribution is -2.22. The van der Waals surface area contributed by atoms with Crippen molar-refractivity contribution in [2.45, 2.75) is 78.6 Å². The lowest BCUT2D eigenvalue weighted by atomic mass is 9.76. The number of rotatable bonds is 10. The van der Waals surface area contributed by atoms with Gasteiger partial charge in [-0.1, -0.05) is 59.3 Å². The molecule has 0 heterocycles. The Morgan fingerprint density at radius 1 is 0.800 bits per heavy atom. The molecule has 0 amide bonds. The Morgan fingerprint density at radius 2 is 1.13 bits per heavy atom. The van der Waals surface area contributed by atoms with Gasteiger partial charge >= 0.3 is 0 Å². The monoisotopic (exact) mass is 211 g/mol. The van der Waals surface area contributed by atoms with Gasteiger partial charge in [-0.05, 0) is 19.3 Å². The molecule has 0 rings (SSSR count). The van der Waals surface area contributed by atoms with Crippen LogP contribution in [0.4, 0.5) is 0 Å². The van der Waals surface area contributed by atoms with Crippen LogP contribution >= 0.6 is 0 Å². The van der Waals surface area contributed by atoms with Gasteiger partial charge in [0.1, 0.15) is 0 Å². The molecule has 1 nitrogen and oxygen atoms in total. The van der Waals surface area contributed by atoms with Crippen LogP contribution in [0.2, 0.25) is 0 Å². The molecule has 0 saturated heterocycles. The molecular weight excluding hydrogens is 184 g/mol. The summed E-state index contributed by atoms with van der Waals surface area (Å²) in [6.07, 6.45) is 12.6. The van der Waals surface area contributed by atoms with E-state index in [0.717, 1.165) is 19.3 Å². The summed E-state index contributed by atoms with van der Waals surface area (Å²) >= 11 is 0. The van der Waals surface area contributed by atoms with Crippen molar-refractivity contribution < 1.29 is 4.79 Å². The molecule has 0 atom stereocenters. The maximum Gasteiger partial charge on any atom is 0.205 e. The Kier molecular flexibility index (Phi) is 8.74. The van der Waals surface area contributed by atoms with E-state index in [-0.39, 0.29) is 5.41 Å². The molecule has 0 aliphatic carbocycles. The lowest BCUT2D eigenvalue weighted by molar-refractivity contribution is 0.286. The largest absolute Gasteiger partial charge is 0.290 e. The molecule has 0 saturated carbocycles. The van der Waals surface area contributed by atoms with Crippen LogP contribution in [0.5, 0.6) is 0 Å². The first-order chi connectivity index (χ1) is 7.24. The molecular formula is C14H27O. The van der Waals surface area contributed by atoms with E-state index in [1.54, 1.807) is 0 Å². The van der Waals surface area contributed by atoms with Crippen LogP contribution in [0.25, 0.3) is 0 Å². The fourth-order valence-electron chi connectivity index (χ4n) is 2.07. The van der Waals surface area contributed by atoms with Gasteiger partial charge in [-0.15, -0.1) is 0 Å². The Balaban J connectivity index is 4.23. The first-order valence-electron chi connectivity index (χ1n) is 6.64. The zero-order valence-corrected chi connectivity index (χ0v) is 10.8. The van der Waals surface area contributed by atoms with Gasteiger partial charge in [0, 0.05) is 5.41 Å². The highest BCUT2D eigenvalue weighted by atomic mass is 16.1. The SMILES string of the molecule is CCCCC([C]=O)(CCCC)CCCC. The van der Waals surface area contributed by atoms with E-state index in [4.69, 9.17) is 0 Å². The third-order valence-corrected chi connectivity index (χ3v) is 3.24. The van der Waals surface area contributed by atoms with Gasteiger partial charge in [0.05, 0.1) is 0 Å². The molecule has 0 fully saturated rings. The van der Waals surface area contributed by atoms with E-state index in [2.05, 4.69) is 27.1 Å². The molecule has 15 heavy (non-hydrogen) atoms. The van der Waals surface area contributed by atoms with Crippen molar-refractivity contribution in [1.29, 1.82) is 0 Å². The van der Waals surface area contributed by atoms with Crippen LogP contribution in [-0.2, 0) is 4.79 Å². The van der Waals surface area contributed by atoms with Crippen molar-refractivity contribution in [2.75, 3.05) is 0 Å². The van der Waals surface area contributed by atoms with Crippen molar-refractivity contribution >= 4 is 6.29 Å². The Hall–Kier alpha value is -0.330. The first-order valence-corrected chi connectivity index (χ1v) is 6.64. The molecule has 0 bridgehead atoms. The highest BCUT2D eigenvalue weighted by Gasteiger charge is 2.28. The van der Waals surface area contributed by atoms with E-state index in [1.165, 1.54) is 38.5 Å². The van der Waals surface area contributed by atoms with E-state index in [9.17, 15) is 4.79 Å². The fraction of sp³-hybridized carbons (Fsp3) is 0.929. The standard InChI is InChI=1S/C14H27O/c1-4-7-10-14(13-15,11-8-5-2)12-9-6-3/h4-12H2,1-3H3. The topological polar surface area (TPSA) is 17.1 Å². The first kappa shape index (κ1) is 14.7. The summed E-state index contributed by atoms with van der Waals surface area (Å²) in [6.45, 7) is 6.57. The summed E-state index contributed by atoms with van der Waals surface area (Å²) in [4.78, 5) is 11.2. The minimum atomic E-state index is -0.109. The van der Waals surface area contributed by atoms with Crippen LogP contribution < -0.4 is 0 Å². The molecule has 0 aromatic heterocycles. The van der Waals surface area contributed by atoms with Crippen LogP contribution in [0, 0.1) is 5.41 Å². The van der Waals surface area contributed by atoms with Crippen molar-refractivity contribution in [2.24, 2.45) is 5.41 Å². The van der Waals surface area contributed by atoms with Gasteiger partial charge in [-0.3, -0.25) is 4.79 Å². The zero-order chi connectivity index (χ0) is 11.6. The van der Waals surface area contributed by atoms with Crippen molar-refractivity contribution in [1.82, 2.24) is 0 Å². The Bertz CT molecular complexity index is 130. The Labute approximate surface area is 95.6 Å². The van der Waals surface area contributed by atoms with Crippen molar-refractivity contribution in [3.05, 3.63) is 0 Å². The maximum atomic E-state index is 11.2. The molecule has 1 heteroatoms. The van der Waals surface area contributed by atoms with Crippen LogP contribution in [0.3, 0.4) is 0 Å². The van der Waals surface area contributed by atoms with E-state index >= 15 is 0 Å².